The highest BCUT2D eigenvalue weighted by Gasteiger charge is 2.35. The molecule has 0 saturated carbocycles. The van der Waals surface area contributed by atoms with E-state index < -0.39 is 0 Å². The zero-order valence-electron chi connectivity index (χ0n) is 10.2. The quantitative estimate of drug-likeness (QED) is 0.817. The van der Waals surface area contributed by atoms with E-state index in [0.717, 1.165) is 20.0 Å². The van der Waals surface area contributed by atoms with Gasteiger partial charge in [-0.15, -0.1) is 23.1 Å². The third-order valence-corrected chi connectivity index (χ3v) is 5.43. The lowest BCUT2D eigenvalue weighted by Crippen LogP contribution is -2.27. The molecule has 0 N–H and O–H groups in total. The van der Waals surface area contributed by atoms with E-state index in [-0.39, 0.29) is 11.3 Å². The summed E-state index contributed by atoms with van der Waals surface area (Å²) in [6, 6.07) is 8.09. The highest BCUT2D eigenvalue weighted by molar-refractivity contribution is 9.10. The van der Waals surface area contributed by atoms with Crippen LogP contribution in [0.15, 0.2) is 34.9 Å². The first-order chi connectivity index (χ1) is 9.15. The molecular formula is C13H11BrN2OS2. The first-order valence-electron chi connectivity index (χ1n) is 5.77. The number of thioether (sulfide) groups is 1. The molecule has 1 amide bonds. The number of amides is 1. The van der Waals surface area contributed by atoms with Crippen LogP contribution in [-0.2, 0) is 4.79 Å². The fourth-order valence-corrected chi connectivity index (χ4v) is 4.42. The third-order valence-electron chi connectivity index (χ3n) is 2.82. The molecule has 1 aliphatic heterocycles. The molecule has 1 atom stereocenters. The van der Waals surface area contributed by atoms with E-state index in [4.69, 9.17) is 0 Å². The molecule has 0 radical (unpaired) electrons. The van der Waals surface area contributed by atoms with Crippen LogP contribution in [0.1, 0.15) is 15.8 Å². The van der Waals surface area contributed by atoms with Gasteiger partial charge in [-0.05, 0) is 24.6 Å². The molecule has 3 rings (SSSR count). The minimum atomic E-state index is 0.0237. The number of aryl methyl sites for hydroxylation is 1. The zero-order valence-corrected chi connectivity index (χ0v) is 13.4. The predicted octanol–water partition coefficient (Wildman–Crippen LogP) is 3.99. The summed E-state index contributed by atoms with van der Waals surface area (Å²) in [5.41, 5.74) is 1.12. The van der Waals surface area contributed by atoms with Crippen molar-refractivity contribution in [2.24, 2.45) is 0 Å². The van der Waals surface area contributed by atoms with Gasteiger partial charge in [0.05, 0.1) is 5.75 Å². The van der Waals surface area contributed by atoms with Crippen molar-refractivity contribution in [1.82, 2.24) is 4.98 Å². The number of rotatable bonds is 2. The second-order valence-corrected chi connectivity index (χ2v) is 7.43. The molecule has 19 heavy (non-hydrogen) atoms. The van der Waals surface area contributed by atoms with Crippen LogP contribution in [0.25, 0.3) is 0 Å². The Hall–Kier alpha value is -0.850. The summed E-state index contributed by atoms with van der Waals surface area (Å²) in [5, 5.41) is 0.813. The summed E-state index contributed by atoms with van der Waals surface area (Å²) in [4.78, 5) is 19.4. The molecule has 6 heteroatoms. The summed E-state index contributed by atoms with van der Waals surface area (Å²) >= 11 is 6.69. The molecule has 2 aromatic rings. The van der Waals surface area contributed by atoms with Gasteiger partial charge in [-0.2, -0.15) is 0 Å². The zero-order chi connectivity index (χ0) is 13.4. The number of hydrogen-bond acceptors (Lipinski definition) is 4. The molecule has 98 valence electrons. The van der Waals surface area contributed by atoms with Crippen LogP contribution in [0.2, 0.25) is 0 Å². The average Bonchev–Trinajstić information content (AvgIpc) is 2.95. The molecule has 0 aliphatic carbocycles. The first kappa shape index (κ1) is 13.1. The summed E-state index contributed by atoms with van der Waals surface area (Å²) in [6.45, 7) is 2.00. The Bertz CT molecular complexity index is 629. The molecule has 1 unspecified atom stereocenters. The van der Waals surface area contributed by atoms with Crippen molar-refractivity contribution in [3.8, 4) is 0 Å². The molecule has 0 bridgehead atoms. The van der Waals surface area contributed by atoms with Gasteiger partial charge < -0.3 is 0 Å². The van der Waals surface area contributed by atoms with Crippen LogP contribution in [0.4, 0.5) is 5.13 Å². The van der Waals surface area contributed by atoms with Gasteiger partial charge in [-0.1, -0.05) is 28.1 Å². The van der Waals surface area contributed by atoms with Crippen LogP contribution in [0.5, 0.6) is 0 Å². The number of carbonyl (C=O) groups is 1. The van der Waals surface area contributed by atoms with Crippen molar-refractivity contribution in [3.63, 3.8) is 0 Å². The number of nitrogens with zero attached hydrogens (tertiary/aromatic N) is 2. The molecule has 1 aromatic carbocycles. The van der Waals surface area contributed by atoms with Gasteiger partial charge >= 0.3 is 0 Å². The van der Waals surface area contributed by atoms with E-state index in [1.54, 1.807) is 23.1 Å². The SMILES string of the molecule is Cc1cnc(N2C(=O)CSC2c2cccc(Br)c2)s1. The van der Waals surface area contributed by atoms with E-state index in [9.17, 15) is 4.79 Å². The molecule has 3 nitrogen and oxygen atoms in total. The Kier molecular flexibility index (Phi) is 3.64. The Morgan fingerprint density at radius 2 is 2.32 bits per heavy atom. The Morgan fingerprint density at radius 1 is 1.47 bits per heavy atom. The summed E-state index contributed by atoms with van der Waals surface area (Å²) in [6.07, 6.45) is 1.81. The minimum absolute atomic E-state index is 0.0237. The van der Waals surface area contributed by atoms with Gasteiger partial charge in [0.2, 0.25) is 5.91 Å². The van der Waals surface area contributed by atoms with E-state index >= 15 is 0 Å². The van der Waals surface area contributed by atoms with Crippen LogP contribution in [0.3, 0.4) is 0 Å². The molecule has 1 fully saturated rings. The Labute approximate surface area is 128 Å². The average molecular weight is 355 g/mol. The lowest BCUT2D eigenvalue weighted by Gasteiger charge is -2.21. The monoisotopic (exact) mass is 354 g/mol. The smallest absolute Gasteiger partial charge is 0.240 e. The maximum absolute atomic E-state index is 12.1. The molecule has 1 aliphatic rings. The van der Waals surface area contributed by atoms with Crippen LogP contribution in [0, 0.1) is 6.92 Å². The van der Waals surface area contributed by atoms with Gasteiger partial charge in [0.25, 0.3) is 0 Å². The topological polar surface area (TPSA) is 33.2 Å². The lowest BCUT2D eigenvalue weighted by molar-refractivity contribution is -0.115. The molecule has 0 spiro atoms. The van der Waals surface area contributed by atoms with Crippen molar-refractivity contribution in [1.29, 1.82) is 0 Å². The largest absolute Gasteiger partial charge is 0.273 e. The maximum atomic E-state index is 12.1. The maximum Gasteiger partial charge on any atom is 0.240 e. The first-order valence-corrected chi connectivity index (χ1v) is 8.42. The highest BCUT2D eigenvalue weighted by atomic mass is 79.9. The van der Waals surface area contributed by atoms with Gasteiger partial charge in [-0.25, -0.2) is 4.98 Å². The predicted molar refractivity (Wildman–Crippen MR) is 83.7 cm³/mol. The van der Waals surface area contributed by atoms with E-state index in [1.807, 2.05) is 30.2 Å². The number of aromatic nitrogens is 1. The van der Waals surface area contributed by atoms with Gasteiger partial charge in [0.1, 0.15) is 5.37 Å². The van der Waals surface area contributed by atoms with Crippen molar-refractivity contribution in [3.05, 3.63) is 45.4 Å². The normalized spacial score (nSPS) is 19.2. The van der Waals surface area contributed by atoms with Crippen molar-refractivity contribution < 1.29 is 4.79 Å². The number of anilines is 1. The Balaban J connectivity index is 1.99. The molecule has 2 heterocycles. The number of thiazole rings is 1. The number of benzene rings is 1. The lowest BCUT2D eigenvalue weighted by atomic mass is 10.2. The van der Waals surface area contributed by atoms with E-state index in [2.05, 4.69) is 33.0 Å². The standard InChI is InChI=1S/C13H11BrN2OS2/c1-8-6-15-13(19-8)16-11(17)7-18-12(16)9-3-2-4-10(14)5-9/h2-6,12H,7H2,1H3. The number of carbonyl (C=O) groups excluding carboxylic acids is 1. The number of hydrogen-bond donors (Lipinski definition) is 0. The van der Waals surface area contributed by atoms with Crippen LogP contribution >= 0.6 is 39.0 Å². The van der Waals surface area contributed by atoms with Gasteiger partial charge in [0, 0.05) is 15.5 Å². The number of halogens is 1. The third kappa shape index (κ3) is 2.57. The summed E-state index contributed by atoms with van der Waals surface area (Å²) in [5.74, 6) is 0.639. The fraction of sp³-hybridized carbons (Fsp3) is 0.231. The van der Waals surface area contributed by atoms with Gasteiger partial charge in [-0.3, -0.25) is 9.69 Å². The van der Waals surface area contributed by atoms with Crippen molar-refractivity contribution in [2.75, 3.05) is 10.7 Å². The second kappa shape index (κ2) is 5.26. The van der Waals surface area contributed by atoms with Crippen molar-refractivity contribution >= 4 is 50.1 Å². The molecular weight excluding hydrogens is 344 g/mol. The van der Waals surface area contributed by atoms with Crippen LogP contribution in [-0.4, -0.2) is 16.6 Å². The summed E-state index contributed by atoms with van der Waals surface area (Å²) < 4.78 is 1.03. The second-order valence-electron chi connectivity index (χ2n) is 4.24. The Morgan fingerprint density at radius 3 is 3.00 bits per heavy atom. The van der Waals surface area contributed by atoms with E-state index in [0.29, 0.717) is 5.75 Å². The van der Waals surface area contributed by atoms with Crippen molar-refractivity contribution in [2.45, 2.75) is 12.3 Å². The fourth-order valence-electron chi connectivity index (χ4n) is 1.99. The molecule has 1 aromatic heterocycles. The minimum Gasteiger partial charge on any atom is -0.273 e. The summed E-state index contributed by atoms with van der Waals surface area (Å²) in [7, 11) is 0. The van der Waals surface area contributed by atoms with E-state index in [1.165, 1.54) is 0 Å². The van der Waals surface area contributed by atoms with Gasteiger partial charge in [0.15, 0.2) is 5.13 Å². The molecule has 1 saturated heterocycles. The highest BCUT2D eigenvalue weighted by Crippen LogP contribution is 2.43. The van der Waals surface area contributed by atoms with Crippen LogP contribution < -0.4 is 4.90 Å².